The predicted molar refractivity (Wildman–Crippen MR) is 69.0 cm³/mol. The van der Waals surface area contributed by atoms with E-state index in [1.807, 2.05) is 13.8 Å². The third kappa shape index (κ3) is 6.67. The molecule has 0 amide bonds. The molecule has 0 saturated heterocycles. The molecule has 0 N–H and O–H groups in total. The van der Waals surface area contributed by atoms with Crippen molar-refractivity contribution in [3.63, 3.8) is 0 Å². The van der Waals surface area contributed by atoms with Gasteiger partial charge in [0.1, 0.15) is 0 Å². The van der Waals surface area contributed by atoms with Gasteiger partial charge in [-0.05, 0) is 32.1 Å². The molecule has 0 spiro atoms. The predicted octanol–water partition coefficient (Wildman–Crippen LogP) is 4.32. The first-order valence-electron chi connectivity index (χ1n) is 6.35. The topological polar surface area (TPSA) is 35.5 Å². The fourth-order valence-electron chi connectivity index (χ4n) is 1.89. The average molecular weight is 250 g/mol. The minimum Gasteiger partial charge on any atom is -0.309 e. The summed E-state index contributed by atoms with van der Waals surface area (Å²) in [7, 11) is -2.85. The maximum absolute atomic E-state index is 12.3. The van der Waals surface area contributed by atoms with Gasteiger partial charge in [0.05, 0.1) is 19.4 Å². The van der Waals surface area contributed by atoms with Crippen LogP contribution in [0.15, 0.2) is 0 Å². The Morgan fingerprint density at radius 1 is 1.06 bits per heavy atom. The fourth-order valence-corrected chi connectivity index (χ4v) is 4.00. The van der Waals surface area contributed by atoms with Gasteiger partial charge in [0, 0.05) is 0 Å². The van der Waals surface area contributed by atoms with Crippen molar-refractivity contribution in [2.75, 3.05) is 19.4 Å². The van der Waals surface area contributed by atoms with E-state index in [0.29, 0.717) is 31.2 Å². The van der Waals surface area contributed by atoms with Gasteiger partial charge in [0.15, 0.2) is 0 Å². The Morgan fingerprint density at radius 2 is 1.56 bits per heavy atom. The van der Waals surface area contributed by atoms with Gasteiger partial charge in [-0.25, -0.2) is 0 Å². The Kier molecular flexibility index (Phi) is 8.35. The van der Waals surface area contributed by atoms with Crippen molar-refractivity contribution in [1.82, 2.24) is 0 Å². The summed E-state index contributed by atoms with van der Waals surface area (Å²) < 4.78 is 23.0. The Balaban J connectivity index is 4.39. The van der Waals surface area contributed by atoms with Crippen LogP contribution in [0.2, 0.25) is 0 Å². The van der Waals surface area contributed by atoms with Gasteiger partial charge < -0.3 is 9.05 Å². The number of rotatable bonds is 9. The fraction of sp³-hybridized carbons (Fsp3) is 1.00. The van der Waals surface area contributed by atoms with Crippen LogP contribution in [0.4, 0.5) is 0 Å². The van der Waals surface area contributed by atoms with E-state index in [1.165, 1.54) is 0 Å². The molecule has 0 aliphatic carbocycles. The average Bonchev–Trinajstić information content (AvgIpc) is 2.16. The van der Waals surface area contributed by atoms with Crippen LogP contribution in [0.1, 0.15) is 47.5 Å². The molecule has 1 atom stereocenters. The summed E-state index contributed by atoms with van der Waals surface area (Å²) in [6, 6.07) is 0. The van der Waals surface area contributed by atoms with Gasteiger partial charge in [0.2, 0.25) is 0 Å². The molecule has 0 heterocycles. The lowest BCUT2D eigenvalue weighted by Gasteiger charge is -2.23. The maximum Gasteiger partial charge on any atom is 0.330 e. The Bertz CT molecular complexity index is 206. The summed E-state index contributed by atoms with van der Waals surface area (Å²) >= 11 is 0. The van der Waals surface area contributed by atoms with Crippen molar-refractivity contribution in [2.24, 2.45) is 11.8 Å². The first-order valence-corrected chi connectivity index (χ1v) is 8.08. The van der Waals surface area contributed by atoms with Crippen molar-refractivity contribution in [3.8, 4) is 0 Å². The number of hydrogen-bond donors (Lipinski definition) is 0. The molecule has 3 nitrogen and oxygen atoms in total. The lowest BCUT2D eigenvalue weighted by atomic mass is 9.97. The van der Waals surface area contributed by atoms with Gasteiger partial charge in [-0.15, -0.1) is 0 Å². The molecule has 0 rings (SSSR count). The summed E-state index contributed by atoms with van der Waals surface area (Å²) in [5, 5.41) is 0. The van der Waals surface area contributed by atoms with Crippen LogP contribution in [-0.4, -0.2) is 19.4 Å². The summed E-state index contributed by atoms with van der Waals surface area (Å²) in [6.07, 6.45) is 2.67. The molecular formula is C12H27O3P. The van der Waals surface area contributed by atoms with Crippen molar-refractivity contribution in [2.45, 2.75) is 47.5 Å². The van der Waals surface area contributed by atoms with Crippen LogP contribution in [0.5, 0.6) is 0 Å². The lowest BCUT2D eigenvalue weighted by molar-refractivity contribution is 0.213. The molecule has 0 aromatic carbocycles. The Morgan fingerprint density at radius 3 is 1.88 bits per heavy atom. The van der Waals surface area contributed by atoms with Crippen LogP contribution < -0.4 is 0 Å². The standard InChI is InChI=1S/C12H27O3P/c1-6-12(9-11(4)5)10-16(13,14-7-2)15-8-3/h11-12H,6-10H2,1-5H3. The molecule has 0 aliphatic heterocycles. The third-order valence-corrected chi connectivity index (χ3v) is 4.78. The molecule has 0 bridgehead atoms. The van der Waals surface area contributed by atoms with Crippen LogP contribution in [-0.2, 0) is 13.6 Å². The monoisotopic (exact) mass is 250 g/mol. The SMILES string of the molecule is CCOP(=O)(CC(CC)CC(C)C)OCC. The van der Waals surface area contributed by atoms with Crippen molar-refractivity contribution >= 4 is 7.60 Å². The molecule has 0 fully saturated rings. The second-order valence-electron chi connectivity index (χ2n) is 4.53. The zero-order valence-electron chi connectivity index (χ0n) is 11.4. The maximum atomic E-state index is 12.3. The van der Waals surface area contributed by atoms with Gasteiger partial charge in [0.25, 0.3) is 0 Å². The van der Waals surface area contributed by atoms with Gasteiger partial charge in [-0.2, -0.15) is 0 Å². The van der Waals surface area contributed by atoms with E-state index in [2.05, 4.69) is 20.8 Å². The molecule has 0 aliphatic rings. The van der Waals surface area contributed by atoms with Gasteiger partial charge in [-0.3, -0.25) is 4.57 Å². The van der Waals surface area contributed by atoms with Crippen molar-refractivity contribution in [3.05, 3.63) is 0 Å². The van der Waals surface area contributed by atoms with E-state index >= 15 is 0 Å². The lowest BCUT2D eigenvalue weighted by Crippen LogP contribution is -2.12. The molecule has 0 aromatic rings. The molecule has 0 radical (unpaired) electrons. The Labute approximate surface area is 100 Å². The van der Waals surface area contributed by atoms with E-state index < -0.39 is 7.60 Å². The van der Waals surface area contributed by atoms with Crippen molar-refractivity contribution in [1.29, 1.82) is 0 Å². The van der Waals surface area contributed by atoms with E-state index in [1.54, 1.807) is 0 Å². The molecule has 1 unspecified atom stereocenters. The normalized spacial score (nSPS) is 14.4. The highest BCUT2D eigenvalue weighted by Gasteiger charge is 2.27. The minimum atomic E-state index is -2.85. The van der Waals surface area contributed by atoms with Crippen LogP contribution >= 0.6 is 7.60 Å². The summed E-state index contributed by atoms with van der Waals surface area (Å²) in [6.45, 7) is 11.1. The van der Waals surface area contributed by atoms with Gasteiger partial charge >= 0.3 is 7.60 Å². The molecule has 98 valence electrons. The van der Waals surface area contributed by atoms with Crippen molar-refractivity contribution < 1.29 is 13.6 Å². The van der Waals surface area contributed by atoms with Crippen LogP contribution in [0, 0.1) is 11.8 Å². The van der Waals surface area contributed by atoms with E-state index in [4.69, 9.17) is 9.05 Å². The largest absolute Gasteiger partial charge is 0.330 e. The summed E-state index contributed by atoms with van der Waals surface area (Å²) in [5.41, 5.74) is 0. The molecular weight excluding hydrogens is 223 g/mol. The minimum absolute atomic E-state index is 0.434. The molecule has 16 heavy (non-hydrogen) atoms. The van der Waals surface area contributed by atoms with Crippen LogP contribution in [0.3, 0.4) is 0 Å². The summed E-state index contributed by atoms with van der Waals surface area (Å²) in [4.78, 5) is 0. The molecule has 0 aromatic heterocycles. The molecule has 4 heteroatoms. The van der Waals surface area contributed by atoms with E-state index in [0.717, 1.165) is 12.8 Å². The number of hydrogen-bond acceptors (Lipinski definition) is 3. The second kappa shape index (κ2) is 8.27. The summed E-state index contributed by atoms with van der Waals surface area (Å²) in [5.74, 6) is 1.06. The highest BCUT2D eigenvalue weighted by atomic mass is 31.2. The zero-order valence-corrected chi connectivity index (χ0v) is 12.3. The second-order valence-corrected chi connectivity index (χ2v) is 6.64. The van der Waals surface area contributed by atoms with E-state index in [-0.39, 0.29) is 0 Å². The van der Waals surface area contributed by atoms with Gasteiger partial charge in [-0.1, -0.05) is 27.2 Å². The Hall–Kier alpha value is 0.150. The highest BCUT2D eigenvalue weighted by Crippen LogP contribution is 2.50. The first-order chi connectivity index (χ1) is 7.47. The smallest absolute Gasteiger partial charge is 0.309 e. The quantitative estimate of drug-likeness (QED) is 0.571. The highest BCUT2D eigenvalue weighted by molar-refractivity contribution is 7.53. The first kappa shape index (κ1) is 16.1. The van der Waals surface area contributed by atoms with Crippen LogP contribution in [0.25, 0.3) is 0 Å². The zero-order chi connectivity index (χ0) is 12.6. The molecule has 0 saturated carbocycles. The van der Waals surface area contributed by atoms with E-state index in [9.17, 15) is 4.57 Å². The third-order valence-electron chi connectivity index (χ3n) is 2.52.